The Morgan fingerprint density at radius 2 is 2.19 bits per heavy atom. The average Bonchev–Trinajstić information content (AvgIpc) is 2.86. The van der Waals surface area contributed by atoms with Crippen LogP contribution in [0.2, 0.25) is 0 Å². The fourth-order valence-electron chi connectivity index (χ4n) is 1.64. The van der Waals surface area contributed by atoms with E-state index in [4.69, 9.17) is 0 Å². The van der Waals surface area contributed by atoms with Gasteiger partial charge in [0, 0.05) is 11.4 Å². The normalized spacial score (nSPS) is 10.6. The maximum atomic E-state index is 12.1. The van der Waals surface area contributed by atoms with E-state index in [0.29, 0.717) is 5.13 Å². The van der Waals surface area contributed by atoms with Gasteiger partial charge in [-0.05, 0) is 18.1 Å². The predicted octanol–water partition coefficient (Wildman–Crippen LogP) is 3.13. The van der Waals surface area contributed by atoms with Gasteiger partial charge in [0.1, 0.15) is 11.3 Å². The molecule has 0 radical (unpaired) electrons. The van der Waals surface area contributed by atoms with Gasteiger partial charge >= 0.3 is 0 Å². The van der Waals surface area contributed by atoms with Gasteiger partial charge in [-0.3, -0.25) is 20.2 Å². The quantitative estimate of drug-likeness (QED) is 0.666. The molecule has 0 saturated carbocycles. The minimum absolute atomic E-state index is 0.207. The number of benzene rings is 1. The van der Waals surface area contributed by atoms with E-state index in [0.717, 1.165) is 23.9 Å². The van der Waals surface area contributed by atoms with Gasteiger partial charge in [0.2, 0.25) is 0 Å². The molecule has 21 heavy (non-hydrogen) atoms. The van der Waals surface area contributed by atoms with Crippen LogP contribution < -0.4 is 5.32 Å². The van der Waals surface area contributed by atoms with Crippen LogP contribution in [0.4, 0.5) is 10.8 Å². The number of hydrogen-bond donors (Lipinski definition) is 2. The molecule has 1 aromatic carbocycles. The van der Waals surface area contributed by atoms with Crippen molar-refractivity contribution in [3.8, 4) is 5.75 Å². The van der Waals surface area contributed by atoms with Crippen molar-refractivity contribution in [2.45, 2.75) is 19.8 Å². The van der Waals surface area contributed by atoms with Crippen LogP contribution in [-0.2, 0) is 0 Å². The van der Waals surface area contributed by atoms with Crippen molar-refractivity contribution < 1.29 is 14.8 Å². The van der Waals surface area contributed by atoms with Crippen LogP contribution in [0.15, 0.2) is 23.6 Å². The molecule has 1 aromatic heterocycles. The first-order valence-corrected chi connectivity index (χ1v) is 7.00. The molecule has 1 amide bonds. The summed E-state index contributed by atoms with van der Waals surface area (Å²) in [7, 11) is 0. The smallest absolute Gasteiger partial charge is 0.282 e. The molecular weight excluding hydrogens is 294 g/mol. The SMILES string of the molecule is CC(C)c1csc(NC(=O)c2cc(O)ccc2[N+](=O)[O-])n1. The van der Waals surface area contributed by atoms with Gasteiger partial charge in [0.25, 0.3) is 11.6 Å². The van der Waals surface area contributed by atoms with Gasteiger partial charge in [-0.15, -0.1) is 11.3 Å². The third-order valence-corrected chi connectivity index (χ3v) is 3.53. The molecule has 2 N–H and O–H groups in total. The Kier molecular flexibility index (Phi) is 4.18. The van der Waals surface area contributed by atoms with Gasteiger partial charge in [-0.25, -0.2) is 4.98 Å². The minimum atomic E-state index is -0.678. The van der Waals surface area contributed by atoms with Crippen LogP contribution in [-0.4, -0.2) is 20.9 Å². The highest BCUT2D eigenvalue weighted by atomic mass is 32.1. The molecule has 0 fully saturated rings. The number of nitro benzene ring substituents is 1. The number of aromatic nitrogens is 1. The molecule has 2 aromatic rings. The highest BCUT2D eigenvalue weighted by Crippen LogP contribution is 2.26. The molecular formula is C13H13N3O4S. The molecule has 8 heteroatoms. The minimum Gasteiger partial charge on any atom is -0.508 e. The number of aromatic hydroxyl groups is 1. The van der Waals surface area contributed by atoms with Crippen molar-refractivity contribution in [1.82, 2.24) is 4.98 Å². The molecule has 0 spiro atoms. The summed E-state index contributed by atoms with van der Waals surface area (Å²) in [5.41, 5.74) is 0.257. The Hall–Kier alpha value is -2.48. The van der Waals surface area contributed by atoms with E-state index in [1.54, 1.807) is 0 Å². The lowest BCUT2D eigenvalue weighted by Gasteiger charge is -2.04. The summed E-state index contributed by atoms with van der Waals surface area (Å²) in [5.74, 6) is -0.669. The van der Waals surface area contributed by atoms with E-state index in [-0.39, 0.29) is 22.9 Å². The molecule has 0 bridgehead atoms. The number of hydrogen-bond acceptors (Lipinski definition) is 6. The lowest BCUT2D eigenvalue weighted by molar-refractivity contribution is -0.385. The largest absolute Gasteiger partial charge is 0.508 e. The summed E-state index contributed by atoms with van der Waals surface area (Å²) in [5, 5.41) is 25.0. The molecule has 7 nitrogen and oxygen atoms in total. The van der Waals surface area contributed by atoms with Gasteiger partial charge in [0.15, 0.2) is 5.13 Å². The fraction of sp³-hybridized carbons (Fsp3) is 0.231. The van der Waals surface area contributed by atoms with Crippen molar-refractivity contribution in [2.75, 3.05) is 5.32 Å². The van der Waals surface area contributed by atoms with Crippen molar-refractivity contribution in [1.29, 1.82) is 0 Å². The number of nitro groups is 1. The highest BCUT2D eigenvalue weighted by Gasteiger charge is 2.21. The average molecular weight is 307 g/mol. The fourth-order valence-corrected chi connectivity index (χ4v) is 2.51. The number of anilines is 1. The lowest BCUT2D eigenvalue weighted by atomic mass is 10.1. The van der Waals surface area contributed by atoms with Crippen molar-refractivity contribution in [3.63, 3.8) is 0 Å². The van der Waals surface area contributed by atoms with Gasteiger partial charge in [-0.2, -0.15) is 0 Å². The van der Waals surface area contributed by atoms with Crippen molar-refractivity contribution in [2.24, 2.45) is 0 Å². The Bertz CT molecular complexity index is 696. The zero-order valence-corrected chi connectivity index (χ0v) is 12.2. The molecule has 0 aliphatic rings. The summed E-state index contributed by atoms with van der Waals surface area (Å²) in [4.78, 5) is 26.6. The van der Waals surface area contributed by atoms with Crippen LogP contribution in [0.3, 0.4) is 0 Å². The topological polar surface area (TPSA) is 105 Å². The summed E-state index contributed by atoms with van der Waals surface area (Å²) in [6.07, 6.45) is 0. The van der Waals surface area contributed by atoms with Crippen LogP contribution >= 0.6 is 11.3 Å². The summed E-state index contributed by atoms with van der Waals surface area (Å²) < 4.78 is 0. The summed E-state index contributed by atoms with van der Waals surface area (Å²) >= 11 is 1.24. The number of nitrogens with one attached hydrogen (secondary N) is 1. The number of carbonyl (C=O) groups is 1. The van der Waals surface area contributed by atoms with E-state index in [9.17, 15) is 20.0 Å². The van der Waals surface area contributed by atoms with Crippen molar-refractivity contribution in [3.05, 3.63) is 45.0 Å². The second kappa shape index (κ2) is 5.88. The summed E-state index contributed by atoms with van der Waals surface area (Å²) in [6.45, 7) is 3.95. The Labute approximate surface area is 124 Å². The molecule has 0 aliphatic heterocycles. The van der Waals surface area contributed by atoms with Crippen LogP contribution in [0, 0.1) is 10.1 Å². The number of thiazole rings is 1. The Balaban J connectivity index is 2.27. The van der Waals surface area contributed by atoms with Gasteiger partial charge in [-0.1, -0.05) is 13.8 Å². The molecule has 0 saturated heterocycles. The molecule has 0 atom stereocenters. The molecule has 2 rings (SSSR count). The van der Waals surface area contributed by atoms with E-state index in [1.165, 1.54) is 11.3 Å². The molecule has 0 unspecified atom stereocenters. The Morgan fingerprint density at radius 3 is 2.76 bits per heavy atom. The van der Waals surface area contributed by atoms with Gasteiger partial charge in [0.05, 0.1) is 10.6 Å². The van der Waals surface area contributed by atoms with E-state index < -0.39 is 10.8 Å². The Morgan fingerprint density at radius 1 is 1.48 bits per heavy atom. The predicted molar refractivity (Wildman–Crippen MR) is 78.9 cm³/mol. The van der Waals surface area contributed by atoms with E-state index >= 15 is 0 Å². The zero-order chi connectivity index (χ0) is 15.6. The number of carbonyl (C=O) groups excluding carboxylic acids is 1. The first-order valence-electron chi connectivity index (χ1n) is 6.12. The zero-order valence-electron chi connectivity index (χ0n) is 11.4. The maximum Gasteiger partial charge on any atom is 0.282 e. The van der Waals surface area contributed by atoms with Crippen LogP contribution in [0.1, 0.15) is 35.8 Å². The first kappa shape index (κ1) is 14.9. The van der Waals surface area contributed by atoms with Crippen LogP contribution in [0.5, 0.6) is 5.75 Å². The number of phenols is 1. The summed E-state index contributed by atoms with van der Waals surface area (Å²) in [6, 6.07) is 3.31. The molecule has 0 aliphatic carbocycles. The number of rotatable bonds is 4. The van der Waals surface area contributed by atoms with E-state index in [1.807, 2.05) is 19.2 Å². The third-order valence-electron chi connectivity index (χ3n) is 2.76. The second-order valence-corrected chi connectivity index (χ2v) is 5.50. The highest BCUT2D eigenvalue weighted by molar-refractivity contribution is 7.14. The van der Waals surface area contributed by atoms with E-state index in [2.05, 4.69) is 10.3 Å². The lowest BCUT2D eigenvalue weighted by Crippen LogP contribution is -2.13. The van der Waals surface area contributed by atoms with Crippen LogP contribution in [0.25, 0.3) is 0 Å². The maximum absolute atomic E-state index is 12.1. The number of phenolic OH excluding ortho intramolecular Hbond substituents is 1. The van der Waals surface area contributed by atoms with Crippen molar-refractivity contribution >= 4 is 28.1 Å². The number of amides is 1. The third kappa shape index (κ3) is 3.34. The number of nitrogens with zero attached hydrogens (tertiary/aromatic N) is 2. The van der Waals surface area contributed by atoms with Gasteiger partial charge < -0.3 is 5.11 Å². The standard InChI is InChI=1S/C13H13N3O4S/c1-7(2)10-6-21-13(14-10)15-12(18)9-5-8(17)3-4-11(9)16(19)20/h3-7,17H,1-2H3,(H,14,15,18). The monoisotopic (exact) mass is 307 g/mol. The second-order valence-electron chi connectivity index (χ2n) is 4.64. The first-order chi connectivity index (χ1) is 9.88. The molecule has 110 valence electrons. The molecule has 1 heterocycles.